The first-order valence-electron chi connectivity index (χ1n) is 6.23. The second-order valence-corrected chi connectivity index (χ2v) is 6.31. The van der Waals surface area contributed by atoms with E-state index in [4.69, 9.17) is 0 Å². The molecule has 5 heteroatoms. The molecule has 0 saturated carbocycles. The summed E-state index contributed by atoms with van der Waals surface area (Å²) in [6.45, 7) is 7.45. The number of carbonyl (C=O) groups excluding carboxylic acids is 1. The van der Waals surface area contributed by atoms with Gasteiger partial charge in [0.15, 0.2) is 0 Å². The van der Waals surface area contributed by atoms with E-state index in [0.717, 1.165) is 31.1 Å². The molecule has 1 fully saturated rings. The molecule has 1 aliphatic rings. The highest BCUT2D eigenvalue weighted by Crippen LogP contribution is 2.14. The van der Waals surface area contributed by atoms with Gasteiger partial charge in [0.25, 0.3) is 5.91 Å². The van der Waals surface area contributed by atoms with Crippen LogP contribution in [0.3, 0.4) is 0 Å². The molecule has 2 heterocycles. The van der Waals surface area contributed by atoms with Gasteiger partial charge < -0.3 is 10.0 Å². The summed E-state index contributed by atoms with van der Waals surface area (Å²) in [6, 6.07) is 3.78. The van der Waals surface area contributed by atoms with Crippen molar-refractivity contribution in [1.82, 2.24) is 9.80 Å². The molecule has 1 N–H and O–H groups in total. The lowest BCUT2D eigenvalue weighted by Gasteiger charge is -2.37. The standard InChI is InChI=1S/C13H20N2O2S/c1-13(2,17)10-14-5-7-15(8-6-14)12(16)11-4-3-9-18-11/h3-4,9,17H,5-8,10H2,1-2H3. The monoisotopic (exact) mass is 268 g/mol. The molecule has 1 amide bonds. The molecule has 0 atom stereocenters. The van der Waals surface area contributed by atoms with Crippen molar-refractivity contribution in [2.75, 3.05) is 32.7 Å². The van der Waals surface area contributed by atoms with Crippen molar-refractivity contribution < 1.29 is 9.90 Å². The fourth-order valence-corrected chi connectivity index (χ4v) is 2.90. The third-order valence-corrected chi connectivity index (χ3v) is 3.86. The Morgan fingerprint density at radius 2 is 2.06 bits per heavy atom. The number of β-amino-alcohol motifs (C(OH)–C–C–N with tert-alkyl or cyclic N) is 1. The van der Waals surface area contributed by atoms with Gasteiger partial charge in [-0.2, -0.15) is 0 Å². The zero-order valence-corrected chi connectivity index (χ0v) is 11.7. The molecule has 18 heavy (non-hydrogen) atoms. The number of hydrogen-bond acceptors (Lipinski definition) is 4. The second kappa shape index (κ2) is 5.38. The van der Waals surface area contributed by atoms with Crippen LogP contribution in [0.25, 0.3) is 0 Å². The van der Waals surface area contributed by atoms with Crippen molar-refractivity contribution in [3.05, 3.63) is 22.4 Å². The van der Waals surface area contributed by atoms with Gasteiger partial charge in [0, 0.05) is 32.7 Å². The molecular formula is C13H20N2O2S. The van der Waals surface area contributed by atoms with Crippen LogP contribution in [0.4, 0.5) is 0 Å². The molecule has 0 aromatic carbocycles. The van der Waals surface area contributed by atoms with Gasteiger partial charge in [0.2, 0.25) is 0 Å². The maximum Gasteiger partial charge on any atom is 0.264 e. The second-order valence-electron chi connectivity index (χ2n) is 5.36. The first-order valence-corrected chi connectivity index (χ1v) is 7.11. The number of hydrogen-bond donors (Lipinski definition) is 1. The Balaban J connectivity index is 1.85. The Morgan fingerprint density at radius 1 is 1.39 bits per heavy atom. The third-order valence-electron chi connectivity index (χ3n) is 3.00. The molecule has 1 aromatic rings. The molecule has 1 aliphatic heterocycles. The molecule has 4 nitrogen and oxygen atoms in total. The van der Waals surface area contributed by atoms with Crippen LogP contribution in [0.15, 0.2) is 17.5 Å². The number of piperazine rings is 1. The maximum atomic E-state index is 12.1. The largest absolute Gasteiger partial charge is 0.389 e. The highest BCUT2D eigenvalue weighted by Gasteiger charge is 2.25. The molecule has 2 rings (SSSR count). The van der Waals surface area contributed by atoms with Crippen molar-refractivity contribution in [2.24, 2.45) is 0 Å². The smallest absolute Gasteiger partial charge is 0.264 e. The normalized spacial score (nSPS) is 18.1. The topological polar surface area (TPSA) is 43.8 Å². The molecule has 0 aliphatic carbocycles. The summed E-state index contributed by atoms with van der Waals surface area (Å²) < 4.78 is 0. The molecule has 0 radical (unpaired) electrons. The SMILES string of the molecule is CC(C)(O)CN1CCN(C(=O)c2cccs2)CC1. The van der Waals surface area contributed by atoms with E-state index in [0.29, 0.717) is 6.54 Å². The van der Waals surface area contributed by atoms with E-state index in [9.17, 15) is 9.90 Å². The van der Waals surface area contributed by atoms with E-state index in [1.165, 1.54) is 11.3 Å². The lowest BCUT2D eigenvalue weighted by atomic mass is 10.1. The van der Waals surface area contributed by atoms with Crippen LogP contribution < -0.4 is 0 Å². The number of aliphatic hydroxyl groups is 1. The van der Waals surface area contributed by atoms with Crippen LogP contribution in [0, 0.1) is 0 Å². The Labute approximate surface area is 112 Å². The Kier molecular flexibility index (Phi) is 4.04. The van der Waals surface area contributed by atoms with Gasteiger partial charge in [-0.15, -0.1) is 11.3 Å². The quantitative estimate of drug-likeness (QED) is 0.898. The number of amides is 1. The van der Waals surface area contributed by atoms with Crippen molar-refractivity contribution in [1.29, 1.82) is 0 Å². The zero-order chi connectivity index (χ0) is 13.2. The molecular weight excluding hydrogens is 248 g/mol. The fraction of sp³-hybridized carbons (Fsp3) is 0.615. The number of rotatable bonds is 3. The number of nitrogens with zero attached hydrogens (tertiary/aromatic N) is 2. The summed E-state index contributed by atoms with van der Waals surface area (Å²) in [6.07, 6.45) is 0. The van der Waals surface area contributed by atoms with E-state index in [-0.39, 0.29) is 5.91 Å². The lowest BCUT2D eigenvalue weighted by molar-refractivity contribution is 0.0179. The van der Waals surface area contributed by atoms with E-state index < -0.39 is 5.60 Å². The van der Waals surface area contributed by atoms with E-state index in [2.05, 4.69) is 4.90 Å². The average Bonchev–Trinajstić information content (AvgIpc) is 2.80. The fourth-order valence-electron chi connectivity index (χ4n) is 2.21. The number of thiophene rings is 1. The van der Waals surface area contributed by atoms with Crippen LogP contribution in [-0.2, 0) is 0 Å². The predicted octanol–water partition coefficient (Wildman–Crippen LogP) is 1.28. The van der Waals surface area contributed by atoms with E-state index in [1.54, 1.807) is 0 Å². The Bertz CT molecular complexity index is 390. The van der Waals surface area contributed by atoms with Gasteiger partial charge in [-0.3, -0.25) is 9.69 Å². The van der Waals surface area contributed by atoms with Gasteiger partial charge in [-0.1, -0.05) is 6.07 Å². The minimum absolute atomic E-state index is 0.132. The summed E-state index contributed by atoms with van der Waals surface area (Å²) >= 11 is 1.49. The van der Waals surface area contributed by atoms with Crippen LogP contribution in [0.5, 0.6) is 0 Å². The zero-order valence-electron chi connectivity index (χ0n) is 10.9. The highest BCUT2D eigenvalue weighted by molar-refractivity contribution is 7.12. The lowest BCUT2D eigenvalue weighted by Crippen LogP contribution is -2.51. The Morgan fingerprint density at radius 3 is 2.56 bits per heavy atom. The summed E-state index contributed by atoms with van der Waals surface area (Å²) in [4.78, 5) is 17.0. The highest BCUT2D eigenvalue weighted by atomic mass is 32.1. The molecule has 1 saturated heterocycles. The molecule has 0 unspecified atom stereocenters. The molecule has 1 aromatic heterocycles. The van der Waals surface area contributed by atoms with Crippen molar-refractivity contribution >= 4 is 17.2 Å². The Hall–Kier alpha value is -0.910. The minimum Gasteiger partial charge on any atom is -0.389 e. The van der Waals surface area contributed by atoms with Crippen LogP contribution >= 0.6 is 11.3 Å². The van der Waals surface area contributed by atoms with Crippen molar-refractivity contribution in [3.8, 4) is 0 Å². The maximum absolute atomic E-state index is 12.1. The first kappa shape index (κ1) is 13.5. The van der Waals surface area contributed by atoms with Gasteiger partial charge in [0.05, 0.1) is 10.5 Å². The summed E-state index contributed by atoms with van der Waals surface area (Å²) in [5.41, 5.74) is -0.667. The van der Waals surface area contributed by atoms with Gasteiger partial charge in [-0.25, -0.2) is 0 Å². The first-order chi connectivity index (χ1) is 8.46. The molecule has 0 spiro atoms. The summed E-state index contributed by atoms with van der Waals surface area (Å²) in [5, 5.41) is 11.7. The van der Waals surface area contributed by atoms with E-state index >= 15 is 0 Å². The van der Waals surface area contributed by atoms with E-state index in [1.807, 2.05) is 36.3 Å². The van der Waals surface area contributed by atoms with Crippen LogP contribution in [0.1, 0.15) is 23.5 Å². The van der Waals surface area contributed by atoms with Gasteiger partial charge in [0.1, 0.15) is 0 Å². The molecule has 0 bridgehead atoms. The van der Waals surface area contributed by atoms with Crippen LogP contribution in [-0.4, -0.2) is 59.1 Å². The average molecular weight is 268 g/mol. The third kappa shape index (κ3) is 3.54. The minimum atomic E-state index is -0.667. The molecule has 100 valence electrons. The van der Waals surface area contributed by atoms with Gasteiger partial charge >= 0.3 is 0 Å². The summed E-state index contributed by atoms with van der Waals surface area (Å²) in [7, 11) is 0. The van der Waals surface area contributed by atoms with Crippen LogP contribution in [0.2, 0.25) is 0 Å². The summed E-state index contributed by atoms with van der Waals surface area (Å²) in [5.74, 6) is 0.132. The van der Waals surface area contributed by atoms with Gasteiger partial charge in [-0.05, 0) is 25.3 Å². The van der Waals surface area contributed by atoms with Crippen molar-refractivity contribution in [2.45, 2.75) is 19.4 Å². The van der Waals surface area contributed by atoms with Crippen molar-refractivity contribution in [3.63, 3.8) is 0 Å². The predicted molar refractivity (Wildman–Crippen MR) is 73.0 cm³/mol. The number of carbonyl (C=O) groups is 1.